The topological polar surface area (TPSA) is 88.9 Å². The van der Waals surface area contributed by atoms with Gasteiger partial charge in [0.05, 0.1) is 18.7 Å². The van der Waals surface area contributed by atoms with E-state index >= 15 is 0 Å². The second kappa shape index (κ2) is 10.9. The molecule has 2 aromatic heterocycles. The summed E-state index contributed by atoms with van der Waals surface area (Å²) in [6.07, 6.45) is 3.04. The molecule has 4 aromatic rings. The number of hydrogen-bond acceptors (Lipinski definition) is 6. The number of rotatable bonds is 9. The summed E-state index contributed by atoms with van der Waals surface area (Å²) in [4.78, 5) is 18.7. The highest BCUT2D eigenvalue weighted by Crippen LogP contribution is 2.28. The Bertz CT molecular complexity index is 1420. The lowest BCUT2D eigenvalue weighted by Gasteiger charge is -2.30. The van der Waals surface area contributed by atoms with Crippen molar-refractivity contribution in [2.24, 2.45) is 0 Å². The molecule has 8 nitrogen and oxygen atoms in total. The van der Waals surface area contributed by atoms with Gasteiger partial charge in [-0.05, 0) is 79.3 Å². The molecule has 1 aliphatic rings. The fourth-order valence-corrected chi connectivity index (χ4v) is 5.42. The second-order valence-corrected chi connectivity index (χ2v) is 10.3. The van der Waals surface area contributed by atoms with Crippen molar-refractivity contribution in [2.45, 2.75) is 78.7 Å². The van der Waals surface area contributed by atoms with Crippen LogP contribution >= 0.6 is 0 Å². The highest BCUT2D eigenvalue weighted by Gasteiger charge is 2.28. The molecule has 3 heterocycles. The molecule has 1 fully saturated rings. The van der Waals surface area contributed by atoms with Gasteiger partial charge in [-0.1, -0.05) is 42.8 Å². The summed E-state index contributed by atoms with van der Waals surface area (Å²) in [6.45, 7) is 11.0. The molecule has 1 aliphatic heterocycles. The summed E-state index contributed by atoms with van der Waals surface area (Å²) in [7, 11) is 0. The monoisotopic (exact) mass is 500 g/mol. The highest BCUT2D eigenvalue weighted by atomic mass is 16.5. The third-order valence-corrected chi connectivity index (χ3v) is 7.35. The summed E-state index contributed by atoms with van der Waals surface area (Å²) < 4.78 is 7.75. The first-order chi connectivity index (χ1) is 17.9. The molecular weight excluding hydrogens is 464 g/mol. The molecule has 0 saturated carbocycles. The smallest absolute Gasteiger partial charge is 0.252 e. The Labute approximate surface area is 217 Å². The van der Waals surface area contributed by atoms with Gasteiger partial charge in [-0.25, -0.2) is 4.68 Å². The molecule has 8 heteroatoms. The van der Waals surface area contributed by atoms with Gasteiger partial charge >= 0.3 is 0 Å². The molecule has 2 atom stereocenters. The van der Waals surface area contributed by atoms with E-state index in [2.05, 4.69) is 83.4 Å². The maximum atomic E-state index is 13.2. The first-order valence-electron chi connectivity index (χ1n) is 13.2. The fraction of sp³-hybridized carbons (Fsp3) is 0.448. The van der Waals surface area contributed by atoms with Gasteiger partial charge in [-0.15, -0.1) is 5.10 Å². The molecular formula is C29H36N6O2. The van der Waals surface area contributed by atoms with Crippen LogP contribution in [-0.2, 0) is 24.4 Å². The summed E-state index contributed by atoms with van der Waals surface area (Å²) in [5.74, 6) is 0.814. The van der Waals surface area contributed by atoms with E-state index in [1.807, 2.05) is 16.8 Å². The summed E-state index contributed by atoms with van der Waals surface area (Å²) in [5, 5.41) is 13.9. The van der Waals surface area contributed by atoms with Crippen LogP contribution in [0.5, 0.6) is 0 Å². The number of fused-ring (bicyclic) bond motifs is 1. The number of nitrogens with zero attached hydrogens (tertiary/aromatic N) is 5. The Balaban J connectivity index is 1.51. The van der Waals surface area contributed by atoms with Gasteiger partial charge in [0.2, 0.25) is 0 Å². The third kappa shape index (κ3) is 5.65. The quantitative estimate of drug-likeness (QED) is 0.356. The van der Waals surface area contributed by atoms with Crippen LogP contribution < -0.4 is 5.56 Å². The van der Waals surface area contributed by atoms with Crippen LogP contribution in [0.2, 0.25) is 0 Å². The van der Waals surface area contributed by atoms with Crippen molar-refractivity contribution in [2.75, 3.05) is 6.61 Å². The van der Waals surface area contributed by atoms with Crippen LogP contribution in [0.4, 0.5) is 0 Å². The van der Waals surface area contributed by atoms with Gasteiger partial charge in [-0.2, -0.15) is 0 Å². The lowest BCUT2D eigenvalue weighted by Crippen LogP contribution is -2.33. The van der Waals surface area contributed by atoms with E-state index in [0.29, 0.717) is 19.6 Å². The first kappa shape index (κ1) is 25.3. The Morgan fingerprint density at radius 1 is 1.11 bits per heavy atom. The van der Waals surface area contributed by atoms with Gasteiger partial charge in [0.15, 0.2) is 5.82 Å². The van der Waals surface area contributed by atoms with Crippen LogP contribution in [0.15, 0.2) is 47.3 Å². The van der Waals surface area contributed by atoms with E-state index in [0.717, 1.165) is 59.3 Å². The van der Waals surface area contributed by atoms with Crippen molar-refractivity contribution in [1.82, 2.24) is 30.1 Å². The second-order valence-electron chi connectivity index (χ2n) is 10.3. The Kier molecular flexibility index (Phi) is 7.48. The Hall–Kier alpha value is -3.36. The van der Waals surface area contributed by atoms with Crippen molar-refractivity contribution in [3.63, 3.8) is 0 Å². The molecule has 0 radical (unpaired) electrons. The summed E-state index contributed by atoms with van der Waals surface area (Å²) >= 11 is 0. The van der Waals surface area contributed by atoms with Gasteiger partial charge < -0.3 is 9.72 Å². The number of aromatic nitrogens is 5. The first-order valence-corrected chi connectivity index (χ1v) is 13.2. The molecule has 0 amide bonds. The summed E-state index contributed by atoms with van der Waals surface area (Å²) in [6, 6.07) is 14.7. The molecule has 0 aliphatic carbocycles. The van der Waals surface area contributed by atoms with Crippen LogP contribution in [-0.4, -0.2) is 42.8 Å². The van der Waals surface area contributed by atoms with Gasteiger partial charge in [0, 0.05) is 36.2 Å². The van der Waals surface area contributed by atoms with E-state index in [1.54, 1.807) is 0 Å². The molecule has 0 bridgehead atoms. The fourth-order valence-electron chi connectivity index (χ4n) is 5.42. The number of pyridine rings is 1. The minimum Gasteiger partial charge on any atom is -0.376 e. The van der Waals surface area contributed by atoms with Crippen molar-refractivity contribution in [3.05, 3.63) is 86.5 Å². The third-order valence-electron chi connectivity index (χ3n) is 7.35. The van der Waals surface area contributed by atoms with Crippen molar-refractivity contribution in [3.8, 4) is 0 Å². The molecule has 2 aromatic carbocycles. The number of aromatic amines is 1. The minimum absolute atomic E-state index is 0.0554. The molecule has 5 rings (SSSR count). The lowest BCUT2D eigenvalue weighted by atomic mass is 10.0. The standard InChI is InChI=1S/C29H36N6O2/c1-5-27(28-31-32-33-35(28)18-24-7-6-12-37-24)34(16-22-10-8-19(2)9-11-22)17-23-15-25-21(4)13-20(3)14-26(25)30-29(23)36/h8-11,13-15,24,27H,5-7,12,16-18H2,1-4H3,(H,30,36)/t24-,27-/m1/s1. The van der Waals surface area contributed by atoms with Crippen LogP contribution in [0, 0.1) is 20.8 Å². The lowest BCUT2D eigenvalue weighted by molar-refractivity contribution is 0.0888. The van der Waals surface area contributed by atoms with Crippen LogP contribution in [0.1, 0.15) is 65.9 Å². The molecule has 0 unspecified atom stereocenters. The maximum Gasteiger partial charge on any atom is 0.252 e. The minimum atomic E-state index is -0.0630. The largest absolute Gasteiger partial charge is 0.376 e. The number of hydrogen-bond donors (Lipinski definition) is 1. The van der Waals surface area contributed by atoms with E-state index in [4.69, 9.17) is 4.74 Å². The van der Waals surface area contributed by atoms with E-state index in [-0.39, 0.29) is 17.7 Å². The predicted octanol–water partition coefficient (Wildman–Crippen LogP) is 4.77. The normalized spacial score (nSPS) is 16.6. The van der Waals surface area contributed by atoms with Crippen molar-refractivity contribution >= 4 is 10.9 Å². The number of tetrazole rings is 1. The van der Waals surface area contributed by atoms with Crippen molar-refractivity contribution in [1.29, 1.82) is 0 Å². The zero-order valence-electron chi connectivity index (χ0n) is 22.2. The number of benzene rings is 2. The van der Waals surface area contributed by atoms with Crippen molar-refractivity contribution < 1.29 is 4.74 Å². The van der Waals surface area contributed by atoms with E-state index in [1.165, 1.54) is 11.1 Å². The zero-order valence-corrected chi connectivity index (χ0v) is 22.2. The summed E-state index contributed by atoms with van der Waals surface area (Å²) in [5.41, 5.74) is 6.27. The zero-order chi connectivity index (χ0) is 25.9. The maximum absolute atomic E-state index is 13.2. The number of ether oxygens (including phenoxy) is 1. The average Bonchev–Trinajstić information content (AvgIpc) is 3.55. The highest BCUT2D eigenvalue weighted by molar-refractivity contribution is 5.83. The molecule has 0 spiro atoms. The Morgan fingerprint density at radius 2 is 1.92 bits per heavy atom. The molecule has 194 valence electrons. The van der Waals surface area contributed by atoms with Crippen LogP contribution in [0.25, 0.3) is 10.9 Å². The van der Waals surface area contributed by atoms with Crippen LogP contribution in [0.3, 0.4) is 0 Å². The number of nitrogens with one attached hydrogen (secondary N) is 1. The molecule has 37 heavy (non-hydrogen) atoms. The molecule has 1 N–H and O–H groups in total. The van der Waals surface area contributed by atoms with Gasteiger partial charge in [-0.3, -0.25) is 9.69 Å². The van der Waals surface area contributed by atoms with E-state index in [9.17, 15) is 4.79 Å². The van der Waals surface area contributed by atoms with Gasteiger partial charge in [0.25, 0.3) is 5.56 Å². The number of aryl methyl sites for hydroxylation is 3. The predicted molar refractivity (Wildman–Crippen MR) is 144 cm³/mol. The number of H-pyrrole nitrogens is 1. The van der Waals surface area contributed by atoms with E-state index < -0.39 is 0 Å². The molecule has 1 saturated heterocycles. The average molecular weight is 501 g/mol. The van der Waals surface area contributed by atoms with Gasteiger partial charge in [0.1, 0.15) is 0 Å². The SMILES string of the molecule is CC[C@H](c1nnnn1C[C@H]1CCCO1)N(Cc1ccc(C)cc1)Cc1cc2c(C)cc(C)cc2[nH]c1=O. The Morgan fingerprint density at radius 3 is 2.65 bits per heavy atom.